The molecule has 2 saturated carbocycles. The zero-order chi connectivity index (χ0) is 13.8. The molecule has 2 aliphatic carbocycles. The molecule has 1 aromatic rings. The first kappa shape index (κ1) is 13.8. The maximum Gasteiger partial charge on any atom is 0.131 e. The van der Waals surface area contributed by atoms with Crippen LogP contribution >= 0.6 is 0 Å². The number of nitrogens with zero attached hydrogens (tertiary/aromatic N) is 2. The summed E-state index contributed by atoms with van der Waals surface area (Å²) >= 11 is 0. The molecule has 0 aromatic carbocycles. The van der Waals surface area contributed by atoms with Crippen LogP contribution in [0.15, 0.2) is 6.20 Å². The summed E-state index contributed by atoms with van der Waals surface area (Å²) in [6.07, 6.45) is 12.1. The SMILES string of the molecule is NCCCNc1cnc(C2CCC2)nc1C1CCCC1. The van der Waals surface area contributed by atoms with Crippen LogP contribution in [0.2, 0.25) is 0 Å². The summed E-state index contributed by atoms with van der Waals surface area (Å²) in [7, 11) is 0. The molecule has 0 bridgehead atoms. The Morgan fingerprint density at radius 1 is 1.10 bits per heavy atom. The summed E-state index contributed by atoms with van der Waals surface area (Å²) in [5.41, 5.74) is 7.99. The van der Waals surface area contributed by atoms with E-state index in [1.54, 1.807) is 0 Å². The van der Waals surface area contributed by atoms with Gasteiger partial charge in [-0.05, 0) is 38.6 Å². The zero-order valence-corrected chi connectivity index (χ0v) is 12.3. The normalized spacial score (nSPS) is 20.1. The zero-order valence-electron chi connectivity index (χ0n) is 12.3. The predicted molar refractivity (Wildman–Crippen MR) is 82.0 cm³/mol. The van der Waals surface area contributed by atoms with Gasteiger partial charge in [-0.3, -0.25) is 0 Å². The summed E-state index contributed by atoms with van der Waals surface area (Å²) in [4.78, 5) is 9.56. The van der Waals surface area contributed by atoms with Gasteiger partial charge in [0.2, 0.25) is 0 Å². The van der Waals surface area contributed by atoms with E-state index >= 15 is 0 Å². The van der Waals surface area contributed by atoms with Crippen LogP contribution in [0.4, 0.5) is 5.69 Å². The fraction of sp³-hybridized carbons (Fsp3) is 0.750. The minimum Gasteiger partial charge on any atom is -0.382 e. The number of rotatable bonds is 6. The topological polar surface area (TPSA) is 63.8 Å². The van der Waals surface area contributed by atoms with Crippen molar-refractivity contribution in [1.82, 2.24) is 9.97 Å². The van der Waals surface area contributed by atoms with Crippen LogP contribution in [-0.2, 0) is 0 Å². The van der Waals surface area contributed by atoms with Gasteiger partial charge in [0.15, 0.2) is 0 Å². The molecule has 0 spiro atoms. The molecule has 4 nitrogen and oxygen atoms in total. The Hall–Kier alpha value is -1.16. The van der Waals surface area contributed by atoms with Crippen molar-refractivity contribution < 1.29 is 0 Å². The summed E-state index contributed by atoms with van der Waals surface area (Å²) in [6, 6.07) is 0. The highest BCUT2D eigenvalue weighted by Crippen LogP contribution is 2.39. The van der Waals surface area contributed by atoms with Crippen molar-refractivity contribution in [2.45, 2.75) is 63.2 Å². The average Bonchev–Trinajstić information content (AvgIpc) is 2.92. The summed E-state index contributed by atoms with van der Waals surface area (Å²) < 4.78 is 0. The molecule has 2 fully saturated rings. The first-order valence-electron chi connectivity index (χ1n) is 8.19. The molecule has 3 N–H and O–H groups in total. The third-order valence-electron chi connectivity index (χ3n) is 4.75. The molecular weight excluding hydrogens is 248 g/mol. The maximum atomic E-state index is 5.57. The van der Waals surface area contributed by atoms with Crippen LogP contribution in [0.1, 0.15) is 74.7 Å². The highest BCUT2D eigenvalue weighted by molar-refractivity contribution is 5.48. The van der Waals surface area contributed by atoms with E-state index in [0.717, 1.165) is 31.0 Å². The van der Waals surface area contributed by atoms with Gasteiger partial charge in [0.25, 0.3) is 0 Å². The summed E-state index contributed by atoms with van der Waals surface area (Å²) in [5.74, 6) is 2.34. The Bertz CT molecular complexity index is 436. The van der Waals surface area contributed by atoms with E-state index in [4.69, 9.17) is 10.7 Å². The molecule has 0 saturated heterocycles. The number of anilines is 1. The molecule has 1 aromatic heterocycles. The van der Waals surface area contributed by atoms with Crippen molar-refractivity contribution in [1.29, 1.82) is 0 Å². The molecule has 2 aliphatic rings. The van der Waals surface area contributed by atoms with Crippen LogP contribution in [0, 0.1) is 0 Å². The van der Waals surface area contributed by atoms with E-state index in [-0.39, 0.29) is 0 Å². The van der Waals surface area contributed by atoms with E-state index in [1.807, 2.05) is 6.20 Å². The van der Waals surface area contributed by atoms with E-state index in [9.17, 15) is 0 Å². The quantitative estimate of drug-likeness (QED) is 0.782. The Labute approximate surface area is 121 Å². The van der Waals surface area contributed by atoms with Crippen molar-refractivity contribution in [2.75, 3.05) is 18.4 Å². The second-order valence-corrected chi connectivity index (χ2v) is 6.21. The smallest absolute Gasteiger partial charge is 0.131 e. The minimum absolute atomic E-state index is 0.619. The molecule has 0 radical (unpaired) electrons. The first-order chi connectivity index (χ1) is 9.88. The van der Waals surface area contributed by atoms with E-state index in [1.165, 1.54) is 50.6 Å². The molecule has 3 rings (SSSR count). The van der Waals surface area contributed by atoms with Crippen LogP contribution in [0.3, 0.4) is 0 Å². The van der Waals surface area contributed by atoms with Crippen molar-refractivity contribution in [3.05, 3.63) is 17.7 Å². The molecule has 110 valence electrons. The number of nitrogens with one attached hydrogen (secondary N) is 1. The van der Waals surface area contributed by atoms with Gasteiger partial charge in [-0.25, -0.2) is 9.97 Å². The Morgan fingerprint density at radius 2 is 1.85 bits per heavy atom. The van der Waals surface area contributed by atoms with Gasteiger partial charge >= 0.3 is 0 Å². The molecule has 4 heteroatoms. The van der Waals surface area contributed by atoms with Gasteiger partial charge in [-0.15, -0.1) is 0 Å². The molecule has 0 atom stereocenters. The third-order valence-corrected chi connectivity index (χ3v) is 4.75. The van der Waals surface area contributed by atoms with Gasteiger partial charge in [-0.2, -0.15) is 0 Å². The van der Waals surface area contributed by atoms with Gasteiger partial charge in [0.05, 0.1) is 17.6 Å². The first-order valence-corrected chi connectivity index (χ1v) is 8.19. The molecule has 0 amide bonds. The summed E-state index contributed by atoms with van der Waals surface area (Å²) in [5, 5.41) is 3.49. The minimum atomic E-state index is 0.619. The monoisotopic (exact) mass is 274 g/mol. The number of aromatic nitrogens is 2. The van der Waals surface area contributed by atoms with E-state index in [0.29, 0.717) is 11.8 Å². The lowest BCUT2D eigenvalue weighted by molar-refractivity contribution is 0.399. The third kappa shape index (κ3) is 2.95. The fourth-order valence-electron chi connectivity index (χ4n) is 3.24. The molecule has 1 heterocycles. The van der Waals surface area contributed by atoms with Gasteiger partial charge < -0.3 is 11.1 Å². The molecule has 0 aliphatic heterocycles. The van der Waals surface area contributed by atoms with Crippen LogP contribution in [0.25, 0.3) is 0 Å². The van der Waals surface area contributed by atoms with Crippen molar-refractivity contribution in [3.63, 3.8) is 0 Å². The average molecular weight is 274 g/mol. The Kier molecular flexibility index (Phi) is 4.51. The number of hydrogen-bond donors (Lipinski definition) is 2. The van der Waals surface area contributed by atoms with Crippen molar-refractivity contribution in [2.24, 2.45) is 5.73 Å². The van der Waals surface area contributed by atoms with Gasteiger partial charge in [0, 0.05) is 18.4 Å². The van der Waals surface area contributed by atoms with E-state index < -0.39 is 0 Å². The largest absolute Gasteiger partial charge is 0.382 e. The van der Waals surface area contributed by atoms with Gasteiger partial charge in [-0.1, -0.05) is 19.3 Å². The second-order valence-electron chi connectivity index (χ2n) is 6.21. The van der Waals surface area contributed by atoms with Crippen LogP contribution in [-0.4, -0.2) is 23.1 Å². The van der Waals surface area contributed by atoms with Gasteiger partial charge in [0.1, 0.15) is 5.82 Å². The summed E-state index contributed by atoms with van der Waals surface area (Å²) in [6.45, 7) is 1.65. The highest BCUT2D eigenvalue weighted by atomic mass is 15.0. The second kappa shape index (κ2) is 6.53. The maximum absolute atomic E-state index is 5.57. The highest BCUT2D eigenvalue weighted by Gasteiger charge is 2.26. The molecular formula is C16H26N4. The van der Waals surface area contributed by atoms with Crippen molar-refractivity contribution >= 4 is 5.69 Å². The lowest BCUT2D eigenvalue weighted by Gasteiger charge is -2.25. The Balaban J connectivity index is 1.79. The lowest BCUT2D eigenvalue weighted by Crippen LogP contribution is -2.17. The standard InChI is InChI=1S/C16H26N4/c17-9-4-10-18-14-11-19-16(13-7-3-8-13)20-15(14)12-5-1-2-6-12/h11-13,18H,1-10,17H2. The molecule has 20 heavy (non-hydrogen) atoms. The Morgan fingerprint density at radius 3 is 2.50 bits per heavy atom. The van der Waals surface area contributed by atoms with Crippen molar-refractivity contribution in [3.8, 4) is 0 Å². The van der Waals surface area contributed by atoms with Crippen LogP contribution in [0.5, 0.6) is 0 Å². The van der Waals surface area contributed by atoms with Crippen LogP contribution < -0.4 is 11.1 Å². The van der Waals surface area contributed by atoms with E-state index in [2.05, 4.69) is 10.3 Å². The predicted octanol–water partition coefficient (Wildman–Crippen LogP) is 3.16. The fourth-order valence-corrected chi connectivity index (χ4v) is 3.24. The lowest BCUT2D eigenvalue weighted by atomic mass is 9.84. The molecule has 0 unspecified atom stereocenters. The number of nitrogens with two attached hydrogens (primary N) is 1. The number of hydrogen-bond acceptors (Lipinski definition) is 4.